The zero-order valence-electron chi connectivity index (χ0n) is 60.8. The molecule has 0 aliphatic carbocycles. The van der Waals surface area contributed by atoms with Gasteiger partial charge < -0.3 is 39.4 Å². The molecule has 0 saturated carbocycles. The number of guanidine groups is 3. The molecule has 94 heavy (non-hydrogen) atoms. The Bertz CT molecular complexity index is 2240. The van der Waals surface area contributed by atoms with Gasteiger partial charge >= 0.3 is 31.1 Å². The second-order valence-electron chi connectivity index (χ2n) is 27.1. The molecule has 0 spiro atoms. The average molecular weight is 1420 g/mol. The molecule has 4 unspecified atom stereocenters. The highest BCUT2D eigenvalue weighted by Crippen LogP contribution is 2.55. The van der Waals surface area contributed by atoms with Crippen LogP contribution >= 0.6 is 31.1 Å². The van der Waals surface area contributed by atoms with Gasteiger partial charge in [0.15, 0.2) is 0 Å². The number of hydrogen-bond donors (Lipinski definition) is 2. The van der Waals surface area contributed by atoms with Crippen molar-refractivity contribution < 1.29 is 64.5 Å². The van der Waals surface area contributed by atoms with Gasteiger partial charge in [-0.1, -0.05) is 207 Å². The number of phosphoric ester groups is 1. The standard InChI is InChI=1S/C67H137N9O14P4/c1-10-13-16-19-22-25-28-31-34-39-47-74-53-50-71(7)64(74)68-91(78,85-60-45-62-87-93(80,90-67(4,5)6)70-66-73(9)52-55-76(66)49-41-36-33-30-27-24-21-18-15-12-3)83-58-44-59-84-92(79,86-61-46-63-89-94(81,82)88-57-43-38-37-42-56-77)69-65-72(8)51-54-75(65)48-40-35-32-29-26-23-20-17-14-11-2/h77H,10-63H2,1-9H3,(H,81,82). The molecule has 554 valence electrons. The van der Waals surface area contributed by atoms with E-state index in [2.05, 4.69) is 35.5 Å². The fraction of sp³-hybridized carbons (Fsp3) is 0.955. The maximum Gasteiger partial charge on any atom is 0.472 e. The third-order valence-electron chi connectivity index (χ3n) is 17.1. The second kappa shape index (κ2) is 51.5. The van der Waals surface area contributed by atoms with Crippen LogP contribution in [-0.2, 0) is 54.5 Å². The third-order valence-corrected chi connectivity index (χ3v) is 22.7. The molecule has 27 heteroatoms. The molecule has 0 aromatic heterocycles. The number of rotatable bonds is 62. The van der Waals surface area contributed by atoms with Crippen LogP contribution in [0, 0.1) is 0 Å². The minimum atomic E-state index is -4.35. The minimum absolute atomic E-state index is 0.0352. The molecule has 3 saturated heterocycles. The van der Waals surface area contributed by atoms with E-state index in [9.17, 15) is 18.6 Å². The van der Waals surface area contributed by atoms with Crippen molar-refractivity contribution in [2.45, 2.75) is 285 Å². The summed E-state index contributed by atoms with van der Waals surface area (Å²) in [4.78, 5) is 22.6. The fourth-order valence-corrected chi connectivity index (χ4v) is 16.9. The van der Waals surface area contributed by atoms with Gasteiger partial charge in [0.2, 0.25) is 17.9 Å². The maximum absolute atomic E-state index is 15.1. The van der Waals surface area contributed by atoms with Gasteiger partial charge in [-0.25, -0.2) is 18.3 Å². The zero-order valence-corrected chi connectivity index (χ0v) is 64.4. The van der Waals surface area contributed by atoms with E-state index < -0.39 is 36.7 Å². The van der Waals surface area contributed by atoms with Gasteiger partial charge in [-0.15, -0.1) is 14.3 Å². The highest BCUT2D eigenvalue weighted by atomic mass is 31.2. The van der Waals surface area contributed by atoms with Gasteiger partial charge in [0.1, 0.15) is 0 Å². The van der Waals surface area contributed by atoms with Crippen molar-refractivity contribution in [1.82, 2.24) is 29.4 Å². The van der Waals surface area contributed by atoms with Crippen molar-refractivity contribution in [3.05, 3.63) is 0 Å². The van der Waals surface area contributed by atoms with Crippen LogP contribution in [0.15, 0.2) is 14.3 Å². The molecule has 0 aromatic rings. The lowest BCUT2D eigenvalue weighted by Gasteiger charge is -2.27. The molecule has 4 atom stereocenters. The van der Waals surface area contributed by atoms with E-state index in [1.807, 2.05) is 56.6 Å². The lowest BCUT2D eigenvalue weighted by Crippen LogP contribution is -2.32. The number of likely N-dealkylation sites (N-methyl/N-ethyl adjacent to an activating group) is 3. The Kier molecular flexibility index (Phi) is 47.4. The van der Waals surface area contributed by atoms with Gasteiger partial charge in [0.05, 0.1) is 51.8 Å². The van der Waals surface area contributed by atoms with E-state index in [0.717, 1.165) is 96.9 Å². The van der Waals surface area contributed by atoms with Crippen molar-refractivity contribution in [2.24, 2.45) is 14.3 Å². The summed E-state index contributed by atoms with van der Waals surface area (Å²) in [6, 6.07) is 0. The first-order valence-electron chi connectivity index (χ1n) is 37.4. The van der Waals surface area contributed by atoms with Crippen LogP contribution < -0.4 is 0 Å². The Morgan fingerprint density at radius 1 is 0.340 bits per heavy atom. The highest BCUT2D eigenvalue weighted by Gasteiger charge is 2.37. The molecule has 3 aliphatic rings. The van der Waals surface area contributed by atoms with E-state index in [4.69, 9.17) is 55.6 Å². The van der Waals surface area contributed by atoms with Gasteiger partial charge in [0, 0.05) is 86.7 Å². The SMILES string of the molecule is CCCCCCCCCCCCN1CCN(C)C1=NP(=O)(OCCCOP(=O)(O)OCCCCCCO)OCCCOP(=O)(N=C1N(C)CCN1CCCCCCCCCCCC)OCCCOP(=O)(N=C1N(C)CCN1CCCCCCCCCCCC)OC(C)(C)C. The third kappa shape index (κ3) is 40.5. The quantitative estimate of drug-likeness (QED) is 0.0425. The molecule has 0 bridgehead atoms. The van der Waals surface area contributed by atoms with Crippen LogP contribution in [0.1, 0.15) is 279 Å². The molecule has 0 amide bonds. The summed E-state index contributed by atoms with van der Waals surface area (Å²) in [6.07, 6.45) is 39.8. The number of aliphatic hydroxyl groups is 1. The Hall–Kier alpha value is -1.67. The van der Waals surface area contributed by atoms with Gasteiger partial charge in [-0.2, -0.15) is 0 Å². The second-order valence-corrected chi connectivity index (χ2v) is 33.4. The Morgan fingerprint density at radius 3 is 0.883 bits per heavy atom. The molecule has 23 nitrogen and oxygen atoms in total. The van der Waals surface area contributed by atoms with Crippen LogP contribution in [-0.4, -0.2) is 196 Å². The molecule has 3 heterocycles. The number of aliphatic hydroxyl groups excluding tert-OH is 1. The lowest BCUT2D eigenvalue weighted by molar-refractivity contribution is 0.0916. The normalized spacial score (nSPS) is 18.8. The van der Waals surface area contributed by atoms with Crippen LogP contribution in [0.25, 0.3) is 0 Å². The molecule has 0 radical (unpaired) electrons. The molecule has 3 rings (SSSR count). The number of unbranched alkanes of at least 4 members (excludes halogenated alkanes) is 30. The van der Waals surface area contributed by atoms with E-state index in [0.29, 0.717) is 56.9 Å². The van der Waals surface area contributed by atoms with Crippen molar-refractivity contribution in [3.63, 3.8) is 0 Å². The van der Waals surface area contributed by atoms with Crippen LogP contribution in [0.4, 0.5) is 0 Å². The fourth-order valence-electron chi connectivity index (χ4n) is 11.5. The summed E-state index contributed by atoms with van der Waals surface area (Å²) in [5.74, 6) is 1.61. The van der Waals surface area contributed by atoms with E-state index in [1.165, 1.54) is 141 Å². The highest BCUT2D eigenvalue weighted by molar-refractivity contribution is 7.53. The molecular weight excluding hydrogens is 1280 g/mol. The van der Waals surface area contributed by atoms with Crippen LogP contribution in [0.5, 0.6) is 0 Å². The average Bonchev–Trinajstić information content (AvgIpc) is 1.62. The van der Waals surface area contributed by atoms with Crippen molar-refractivity contribution in [3.8, 4) is 0 Å². The first-order chi connectivity index (χ1) is 45.2. The predicted octanol–water partition coefficient (Wildman–Crippen LogP) is 17.6. The molecular formula is C67H137N9O14P4. The Morgan fingerprint density at radius 2 is 0.585 bits per heavy atom. The minimum Gasteiger partial charge on any atom is -0.396 e. The van der Waals surface area contributed by atoms with Crippen LogP contribution in [0.2, 0.25) is 0 Å². The first-order valence-corrected chi connectivity index (χ1v) is 43.3. The predicted molar refractivity (Wildman–Crippen MR) is 385 cm³/mol. The summed E-state index contributed by atoms with van der Waals surface area (Å²) >= 11 is 0. The largest absolute Gasteiger partial charge is 0.472 e. The summed E-state index contributed by atoms with van der Waals surface area (Å²) in [5, 5.41) is 9.04. The Balaban J connectivity index is 1.76. The topological polar surface area (TPSA) is 239 Å². The molecule has 3 aliphatic heterocycles. The van der Waals surface area contributed by atoms with Crippen LogP contribution in [0.3, 0.4) is 0 Å². The first kappa shape index (κ1) is 86.6. The summed E-state index contributed by atoms with van der Waals surface area (Å²) in [7, 11) is -11.1. The number of nitrogens with zero attached hydrogens (tertiary/aromatic N) is 9. The van der Waals surface area contributed by atoms with Crippen molar-refractivity contribution in [1.29, 1.82) is 0 Å². The number of hydrogen-bond acceptors (Lipinski definition) is 13. The number of phosphoric acid groups is 1. The van der Waals surface area contributed by atoms with E-state index >= 15 is 4.57 Å². The van der Waals surface area contributed by atoms with E-state index in [-0.39, 0.29) is 72.1 Å². The summed E-state index contributed by atoms with van der Waals surface area (Å²) in [6.45, 7) is 18.0. The molecule has 2 N–H and O–H groups in total. The summed E-state index contributed by atoms with van der Waals surface area (Å²) in [5.41, 5.74) is -0.836. The van der Waals surface area contributed by atoms with Gasteiger partial charge in [-0.3, -0.25) is 36.2 Å². The van der Waals surface area contributed by atoms with Crippen molar-refractivity contribution in [2.75, 3.05) is 133 Å². The van der Waals surface area contributed by atoms with Crippen molar-refractivity contribution >= 4 is 48.9 Å². The smallest absolute Gasteiger partial charge is 0.396 e. The monoisotopic (exact) mass is 1420 g/mol. The molecule has 0 aromatic carbocycles. The zero-order chi connectivity index (χ0) is 68.7. The van der Waals surface area contributed by atoms with E-state index in [1.54, 1.807) is 0 Å². The Labute approximate surface area is 572 Å². The maximum atomic E-state index is 15.1. The van der Waals surface area contributed by atoms with Gasteiger partial charge in [0.25, 0.3) is 0 Å². The van der Waals surface area contributed by atoms with Gasteiger partial charge in [-0.05, 0) is 72.1 Å². The lowest BCUT2D eigenvalue weighted by atomic mass is 10.1. The molecule has 3 fully saturated rings. The summed E-state index contributed by atoms with van der Waals surface area (Å²) < 4.78 is 118.